The van der Waals surface area contributed by atoms with Crippen molar-refractivity contribution < 1.29 is 8.42 Å². The smallest absolute Gasteiger partial charge is 0.240 e. The Bertz CT molecular complexity index is 537. The molecule has 0 saturated carbocycles. The molecule has 5 nitrogen and oxygen atoms in total. The predicted molar refractivity (Wildman–Crippen MR) is 84.7 cm³/mol. The van der Waals surface area contributed by atoms with Crippen LogP contribution in [0.15, 0.2) is 29.2 Å². The monoisotopic (exact) mass is 311 g/mol. The van der Waals surface area contributed by atoms with Crippen LogP contribution in [0.2, 0.25) is 0 Å². The van der Waals surface area contributed by atoms with E-state index in [9.17, 15) is 8.42 Å². The van der Waals surface area contributed by atoms with Crippen LogP contribution in [0.5, 0.6) is 0 Å². The van der Waals surface area contributed by atoms with Crippen molar-refractivity contribution in [3.05, 3.63) is 29.8 Å². The zero-order valence-corrected chi connectivity index (χ0v) is 13.6. The maximum Gasteiger partial charge on any atom is 0.240 e. The Labute approximate surface area is 127 Å². The molecule has 1 fully saturated rings. The summed E-state index contributed by atoms with van der Waals surface area (Å²) >= 11 is 0. The van der Waals surface area contributed by atoms with E-state index in [-0.39, 0.29) is 6.04 Å². The van der Waals surface area contributed by atoms with E-state index in [1.807, 2.05) is 19.2 Å². The third-order valence-electron chi connectivity index (χ3n) is 3.95. The number of benzene rings is 1. The van der Waals surface area contributed by atoms with Gasteiger partial charge in [0.2, 0.25) is 10.0 Å². The van der Waals surface area contributed by atoms with Crippen LogP contribution < -0.4 is 10.0 Å². The number of sulfonamides is 1. The number of nitrogens with one attached hydrogen (secondary N) is 2. The van der Waals surface area contributed by atoms with Crippen molar-refractivity contribution in [2.75, 3.05) is 26.7 Å². The number of likely N-dealkylation sites (tertiary alicyclic amines) is 1. The van der Waals surface area contributed by atoms with Crippen LogP contribution >= 0.6 is 0 Å². The first-order valence-corrected chi connectivity index (χ1v) is 8.98. The topological polar surface area (TPSA) is 61.4 Å². The van der Waals surface area contributed by atoms with Crippen LogP contribution in [-0.2, 0) is 16.6 Å². The van der Waals surface area contributed by atoms with Gasteiger partial charge in [0.25, 0.3) is 0 Å². The highest BCUT2D eigenvalue weighted by Gasteiger charge is 2.20. The third-order valence-corrected chi connectivity index (χ3v) is 5.39. The standard InChI is InChI=1S/C15H25N3O2S/c1-13(18-9-3-4-10-18)11-17-21(19,20)15-7-5-14(6-8-15)12-16-2/h5-8,13,16-17H,3-4,9-12H2,1-2H3. The molecule has 1 heterocycles. The molecule has 0 aliphatic carbocycles. The van der Waals surface area contributed by atoms with Crippen LogP contribution in [-0.4, -0.2) is 46.0 Å². The predicted octanol–water partition coefficient (Wildman–Crippen LogP) is 1.17. The Morgan fingerprint density at radius 3 is 2.38 bits per heavy atom. The lowest BCUT2D eigenvalue weighted by molar-refractivity contribution is 0.260. The molecule has 1 aliphatic heterocycles. The molecular formula is C15H25N3O2S. The molecule has 0 radical (unpaired) electrons. The van der Waals surface area contributed by atoms with Crippen molar-refractivity contribution in [2.45, 2.75) is 37.2 Å². The molecule has 1 aromatic carbocycles. The molecule has 2 N–H and O–H groups in total. The number of hydrogen-bond donors (Lipinski definition) is 2. The van der Waals surface area contributed by atoms with Crippen molar-refractivity contribution >= 4 is 10.0 Å². The van der Waals surface area contributed by atoms with E-state index in [2.05, 4.69) is 21.9 Å². The van der Waals surface area contributed by atoms with E-state index in [4.69, 9.17) is 0 Å². The molecule has 0 spiro atoms. The molecule has 118 valence electrons. The van der Waals surface area contributed by atoms with Crippen molar-refractivity contribution in [1.82, 2.24) is 14.9 Å². The van der Waals surface area contributed by atoms with Gasteiger partial charge in [-0.1, -0.05) is 12.1 Å². The van der Waals surface area contributed by atoms with Gasteiger partial charge in [-0.3, -0.25) is 4.90 Å². The number of nitrogens with zero attached hydrogens (tertiary/aromatic N) is 1. The maximum atomic E-state index is 12.3. The van der Waals surface area contributed by atoms with Gasteiger partial charge in [-0.05, 0) is 57.6 Å². The van der Waals surface area contributed by atoms with Gasteiger partial charge < -0.3 is 5.32 Å². The van der Waals surface area contributed by atoms with E-state index in [0.29, 0.717) is 11.4 Å². The first-order chi connectivity index (χ1) is 10.0. The van der Waals surface area contributed by atoms with Gasteiger partial charge in [-0.25, -0.2) is 13.1 Å². The van der Waals surface area contributed by atoms with Gasteiger partial charge in [-0.15, -0.1) is 0 Å². The highest BCUT2D eigenvalue weighted by atomic mass is 32.2. The van der Waals surface area contributed by atoms with Gasteiger partial charge in [0.15, 0.2) is 0 Å². The molecule has 1 unspecified atom stereocenters. The lowest BCUT2D eigenvalue weighted by Gasteiger charge is -2.23. The van der Waals surface area contributed by atoms with E-state index >= 15 is 0 Å². The summed E-state index contributed by atoms with van der Waals surface area (Å²) in [7, 11) is -1.55. The minimum Gasteiger partial charge on any atom is -0.316 e. The molecule has 6 heteroatoms. The summed E-state index contributed by atoms with van der Waals surface area (Å²) < 4.78 is 27.3. The quantitative estimate of drug-likeness (QED) is 0.793. The van der Waals surface area contributed by atoms with E-state index in [1.54, 1.807) is 12.1 Å². The minimum atomic E-state index is -3.41. The largest absolute Gasteiger partial charge is 0.316 e. The fraction of sp³-hybridized carbons (Fsp3) is 0.600. The van der Waals surface area contributed by atoms with Crippen LogP contribution in [0.4, 0.5) is 0 Å². The normalized spacial score (nSPS) is 18.0. The molecule has 21 heavy (non-hydrogen) atoms. The summed E-state index contributed by atoms with van der Waals surface area (Å²) in [6.07, 6.45) is 2.42. The number of rotatable bonds is 7. The number of hydrogen-bond acceptors (Lipinski definition) is 4. The van der Waals surface area contributed by atoms with Crippen molar-refractivity contribution in [1.29, 1.82) is 0 Å². The Kier molecular flexibility index (Phi) is 5.75. The maximum absolute atomic E-state index is 12.3. The highest BCUT2D eigenvalue weighted by Crippen LogP contribution is 2.13. The summed E-state index contributed by atoms with van der Waals surface area (Å²) in [5.41, 5.74) is 1.07. The van der Waals surface area contributed by atoms with Crippen molar-refractivity contribution in [3.8, 4) is 0 Å². The molecule has 1 aliphatic rings. The van der Waals surface area contributed by atoms with Gasteiger partial charge >= 0.3 is 0 Å². The zero-order chi connectivity index (χ0) is 15.3. The molecule has 0 bridgehead atoms. The molecule has 2 rings (SSSR count). The van der Waals surface area contributed by atoms with Crippen LogP contribution in [0.25, 0.3) is 0 Å². The Balaban J connectivity index is 1.94. The lowest BCUT2D eigenvalue weighted by Crippen LogP contribution is -2.40. The summed E-state index contributed by atoms with van der Waals surface area (Å²) in [5.74, 6) is 0. The summed E-state index contributed by atoms with van der Waals surface area (Å²) in [6, 6.07) is 7.25. The second-order valence-electron chi connectivity index (χ2n) is 5.62. The van der Waals surface area contributed by atoms with Crippen molar-refractivity contribution in [2.24, 2.45) is 0 Å². The molecule has 1 aromatic rings. The SMILES string of the molecule is CNCc1ccc(S(=O)(=O)NCC(C)N2CCCC2)cc1. The van der Waals surface area contributed by atoms with Gasteiger partial charge in [-0.2, -0.15) is 0 Å². The van der Waals surface area contributed by atoms with Gasteiger partial charge in [0.1, 0.15) is 0 Å². The minimum absolute atomic E-state index is 0.242. The average molecular weight is 311 g/mol. The highest BCUT2D eigenvalue weighted by molar-refractivity contribution is 7.89. The molecule has 1 saturated heterocycles. The first kappa shape index (κ1) is 16.4. The fourth-order valence-corrected chi connectivity index (χ4v) is 3.74. The van der Waals surface area contributed by atoms with E-state index < -0.39 is 10.0 Å². The Morgan fingerprint density at radius 1 is 1.19 bits per heavy atom. The van der Waals surface area contributed by atoms with E-state index in [0.717, 1.165) is 25.2 Å². The van der Waals surface area contributed by atoms with Crippen molar-refractivity contribution in [3.63, 3.8) is 0 Å². The van der Waals surface area contributed by atoms with Gasteiger partial charge in [0, 0.05) is 19.1 Å². The first-order valence-electron chi connectivity index (χ1n) is 7.50. The van der Waals surface area contributed by atoms with Gasteiger partial charge in [0.05, 0.1) is 4.90 Å². The molecule has 1 atom stereocenters. The van der Waals surface area contributed by atoms with Crippen LogP contribution in [0, 0.1) is 0 Å². The lowest BCUT2D eigenvalue weighted by atomic mass is 10.2. The fourth-order valence-electron chi connectivity index (χ4n) is 2.62. The van der Waals surface area contributed by atoms with Crippen LogP contribution in [0.3, 0.4) is 0 Å². The molecular weight excluding hydrogens is 286 g/mol. The second-order valence-corrected chi connectivity index (χ2v) is 7.39. The third kappa shape index (κ3) is 4.51. The summed E-state index contributed by atoms with van der Waals surface area (Å²) in [5, 5.41) is 3.04. The average Bonchev–Trinajstić information content (AvgIpc) is 3.00. The summed E-state index contributed by atoms with van der Waals surface area (Å²) in [4.78, 5) is 2.66. The Hall–Kier alpha value is -0.950. The summed E-state index contributed by atoms with van der Waals surface area (Å²) in [6.45, 7) is 5.41. The second kappa shape index (κ2) is 7.35. The van der Waals surface area contributed by atoms with E-state index in [1.165, 1.54) is 12.8 Å². The molecule has 0 amide bonds. The Morgan fingerprint density at radius 2 is 1.81 bits per heavy atom. The van der Waals surface area contributed by atoms with Crippen LogP contribution in [0.1, 0.15) is 25.3 Å². The zero-order valence-electron chi connectivity index (χ0n) is 12.8. The molecule has 0 aromatic heterocycles.